The normalized spacial score (nSPS) is 11.3. The van der Waals surface area contributed by atoms with E-state index in [1.54, 1.807) is 126 Å². The molecule has 0 amide bonds. The van der Waals surface area contributed by atoms with E-state index >= 15 is 0 Å². The number of para-hydroxylation sites is 4. The van der Waals surface area contributed by atoms with Crippen LogP contribution in [0.5, 0.6) is 23.0 Å². The second kappa shape index (κ2) is 13.3. The SMILES string of the molecule is Nc1ccc(N(CP(=O)(Oc2ccccc2)Oc2ccccc2)CP(=O)(Oc2ccccc2)Oc2ccccc2)cc1. The lowest BCUT2D eigenvalue weighted by molar-refractivity contribution is 0.379. The highest BCUT2D eigenvalue weighted by atomic mass is 31.2. The predicted molar refractivity (Wildman–Crippen MR) is 167 cm³/mol. The Morgan fingerprint density at radius 2 is 0.738 bits per heavy atom. The molecule has 0 aliphatic carbocycles. The molecule has 0 aliphatic heterocycles. The molecule has 0 spiro atoms. The van der Waals surface area contributed by atoms with Crippen LogP contribution in [0.25, 0.3) is 0 Å². The van der Waals surface area contributed by atoms with Gasteiger partial charge in [0.15, 0.2) is 0 Å². The first-order chi connectivity index (χ1) is 20.4. The fourth-order valence-electron chi connectivity index (χ4n) is 4.03. The quantitative estimate of drug-likeness (QED) is 0.106. The molecule has 5 aromatic rings. The minimum atomic E-state index is -3.99. The monoisotopic (exact) mass is 600 g/mol. The van der Waals surface area contributed by atoms with Gasteiger partial charge in [0.1, 0.15) is 35.6 Å². The van der Waals surface area contributed by atoms with Crippen molar-refractivity contribution >= 4 is 26.6 Å². The van der Waals surface area contributed by atoms with Crippen LogP contribution in [0, 0.1) is 0 Å². The number of nitrogens with two attached hydrogens (primary N) is 1. The van der Waals surface area contributed by atoms with Gasteiger partial charge in [-0.3, -0.25) is 0 Å². The second-order valence-electron chi connectivity index (χ2n) is 9.25. The Kier molecular flexibility index (Phi) is 9.18. The van der Waals surface area contributed by atoms with E-state index in [1.165, 1.54) is 0 Å². The summed E-state index contributed by atoms with van der Waals surface area (Å²) in [6.45, 7) is 0. The van der Waals surface area contributed by atoms with Gasteiger partial charge in [0.25, 0.3) is 0 Å². The predicted octanol–water partition coefficient (Wildman–Crippen LogP) is 8.69. The average molecular weight is 601 g/mol. The Labute approximate surface area is 245 Å². The number of hydrogen-bond acceptors (Lipinski definition) is 8. The zero-order chi connectivity index (χ0) is 29.3. The summed E-state index contributed by atoms with van der Waals surface area (Å²) in [6, 6.07) is 41.9. The second-order valence-corrected chi connectivity index (χ2v) is 13.0. The zero-order valence-electron chi connectivity index (χ0n) is 22.6. The summed E-state index contributed by atoms with van der Waals surface area (Å²) in [5, 5.41) is 0. The van der Waals surface area contributed by atoms with E-state index in [2.05, 4.69) is 0 Å². The van der Waals surface area contributed by atoms with Crippen LogP contribution < -0.4 is 28.7 Å². The van der Waals surface area contributed by atoms with Crippen molar-refractivity contribution < 1.29 is 27.2 Å². The topological polar surface area (TPSA) is 100 Å². The number of anilines is 2. The van der Waals surface area contributed by atoms with Gasteiger partial charge in [-0.15, -0.1) is 0 Å². The van der Waals surface area contributed by atoms with E-state index in [0.717, 1.165) is 0 Å². The van der Waals surface area contributed by atoms with Gasteiger partial charge in [-0.25, -0.2) is 9.13 Å². The molecule has 2 N–H and O–H groups in total. The first kappa shape index (κ1) is 28.9. The molecule has 0 saturated heterocycles. The van der Waals surface area contributed by atoms with Crippen molar-refractivity contribution in [1.29, 1.82) is 0 Å². The lowest BCUT2D eigenvalue weighted by Crippen LogP contribution is -2.30. The summed E-state index contributed by atoms with van der Waals surface area (Å²) in [5.74, 6) is 1.44. The van der Waals surface area contributed by atoms with E-state index in [1.807, 2.05) is 24.3 Å². The highest BCUT2D eigenvalue weighted by Gasteiger charge is 2.38. The summed E-state index contributed by atoms with van der Waals surface area (Å²) in [6.07, 6.45) is -0.581. The third-order valence-electron chi connectivity index (χ3n) is 5.90. The number of nitrogen functional groups attached to an aromatic ring is 1. The molecule has 8 nitrogen and oxygen atoms in total. The number of hydrogen-bond donors (Lipinski definition) is 1. The van der Waals surface area contributed by atoms with Crippen LogP contribution >= 0.6 is 15.2 Å². The van der Waals surface area contributed by atoms with Gasteiger partial charge in [-0.2, -0.15) is 0 Å². The standard InChI is InChI=1S/C32H30N2O6P2/c33-27-21-23-28(24-22-27)34(25-41(35,37-29-13-5-1-6-14-29)38-30-15-7-2-8-16-30)26-42(36,39-31-17-9-3-10-18-31)40-32-19-11-4-12-20-32/h1-24H,25-26,33H2. The third kappa shape index (κ3) is 8.20. The molecule has 0 saturated carbocycles. The molecule has 0 fully saturated rings. The van der Waals surface area contributed by atoms with Crippen LogP contribution in [0.1, 0.15) is 0 Å². The Morgan fingerprint density at radius 1 is 0.452 bits per heavy atom. The molecule has 0 aromatic heterocycles. The van der Waals surface area contributed by atoms with E-state index in [0.29, 0.717) is 34.4 Å². The van der Waals surface area contributed by atoms with Gasteiger partial charge < -0.3 is 28.7 Å². The highest BCUT2D eigenvalue weighted by molar-refractivity contribution is 7.56. The van der Waals surface area contributed by atoms with E-state index < -0.39 is 15.2 Å². The maximum Gasteiger partial charge on any atom is 0.449 e. The lowest BCUT2D eigenvalue weighted by Gasteiger charge is -2.31. The minimum absolute atomic E-state index is 0.291. The molecule has 42 heavy (non-hydrogen) atoms. The molecule has 0 bridgehead atoms. The summed E-state index contributed by atoms with van der Waals surface area (Å²) >= 11 is 0. The van der Waals surface area contributed by atoms with Crippen molar-refractivity contribution in [2.75, 3.05) is 23.2 Å². The molecule has 0 atom stereocenters. The van der Waals surface area contributed by atoms with E-state index in [-0.39, 0.29) is 12.6 Å². The van der Waals surface area contributed by atoms with Gasteiger partial charge in [-0.1, -0.05) is 72.8 Å². The Morgan fingerprint density at radius 3 is 1.02 bits per heavy atom. The Bertz CT molecular complexity index is 1450. The number of nitrogens with zero attached hydrogens (tertiary/aromatic N) is 1. The smallest absolute Gasteiger partial charge is 0.415 e. The first-order valence-corrected chi connectivity index (χ1v) is 16.6. The van der Waals surface area contributed by atoms with Gasteiger partial charge in [-0.05, 0) is 72.8 Å². The number of rotatable bonds is 13. The van der Waals surface area contributed by atoms with Crippen LogP contribution in [0.15, 0.2) is 146 Å². The lowest BCUT2D eigenvalue weighted by atomic mass is 10.3. The van der Waals surface area contributed by atoms with Crippen LogP contribution in [0.3, 0.4) is 0 Å². The van der Waals surface area contributed by atoms with Gasteiger partial charge in [0.05, 0.1) is 0 Å². The summed E-state index contributed by atoms with van der Waals surface area (Å²) in [5.41, 5.74) is 7.06. The van der Waals surface area contributed by atoms with Crippen molar-refractivity contribution in [3.8, 4) is 23.0 Å². The van der Waals surface area contributed by atoms with E-state index in [4.69, 9.17) is 23.8 Å². The van der Waals surface area contributed by atoms with E-state index in [9.17, 15) is 9.13 Å². The molecule has 5 rings (SSSR count). The van der Waals surface area contributed by atoms with Gasteiger partial charge in [0.2, 0.25) is 0 Å². The summed E-state index contributed by atoms with van der Waals surface area (Å²) in [4.78, 5) is 1.61. The number of benzene rings is 5. The average Bonchev–Trinajstić information content (AvgIpc) is 2.99. The van der Waals surface area contributed by atoms with Crippen molar-refractivity contribution in [2.45, 2.75) is 0 Å². The minimum Gasteiger partial charge on any atom is -0.415 e. The third-order valence-corrected chi connectivity index (χ3v) is 9.23. The largest absolute Gasteiger partial charge is 0.449 e. The van der Waals surface area contributed by atoms with Crippen molar-refractivity contribution in [3.05, 3.63) is 146 Å². The zero-order valence-corrected chi connectivity index (χ0v) is 24.4. The molecule has 214 valence electrons. The van der Waals surface area contributed by atoms with Crippen LogP contribution in [-0.4, -0.2) is 12.6 Å². The molecule has 0 unspecified atom stereocenters. The molecule has 10 heteroatoms. The van der Waals surface area contributed by atoms with Crippen molar-refractivity contribution in [1.82, 2.24) is 0 Å². The van der Waals surface area contributed by atoms with Gasteiger partial charge in [0, 0.05) is 11.4 Å². The highest BCUT2D eigenvalue weighted by Crippen LogP contribution is 2.54. The molecule has 0 heterocycles. The Balaban J connectivity index is 1.53. The van der Waals surface area contributed by atoms with Crippen LogP contribution in [0.2, 0.25) is 0 Å². The molecule has 0 aliphatic rings. The molecule has 0 radical (unpaired) electrons. The molecular weight excluding hydrogens is 570 g/mol. The first-order valence-electron chi connectivity index (χ1n) is 13.2. The van der Waals surface area contributed by atoms with Crippen molar-refractivity contribution in [3.63, 3.8) is 0 Å². The van der Waals surface area contributed by atoms with Crippen molar-refractivity contribution in [2.24, 2.45) is 0 Å². The summed E-state index contributed by atoms with van der Waals surface area (Å²) < 4.78 is 53.2. The molecular formula is C32H30N2O6P2. The Hall–Kier alpha value is -4.64. The van der Waals surface area contributed by atoms with Crippen LogP contribution in [0.4, 0.5) is 11.4 Å². The van der Waals surface area contributed by atoms with Crippen LogP contribution in [-0.2, 0) is 9.13 Å². The van der Waals surface area contributed by atoms with Gasteiger partial charge >= 0.3 is 15.2 Å². The fourth-order valence-corrected chi connectivity index (χ4v) is 7.63. The summed E-state index contributed by atoms with van der Waals surface area (Å²) in [7, 11) is -7.97. The maximum absolute atomic E-state index is 14.5. The fraction of sp³-hybridized carbons (Fsp3) is 0.0625. The molecule has 5 aromatic carbocycles. The maximum atomic E-state index is 14.5.